The fourth-order valence-corrected chi connectivity index (χ4v) is 2.42. The molecule has 0 atom stereocenters. The van der Waals surface area contributed by atoms with Gasteiger partial charge < -0.3 is 10.2 Å². The van der Waals surface area contributed by atoms with Gasteiger partial charge in [-0.15, -0.1) is 0 Å². The number of rotatable bonds is 4. The van der Waals surface area contributed by atoms with Gasteiger partial charge in [0.15, 0.2) is 0 Å². The van der Waals surface area contributed by atoms with E-state index in [1.165, 1.54) is 18.2 Å². The number of hydrogen-bond acceptors (Lipinski definition) is 2. The van der Waals surface area contributed by atoms with E-state index in [4.69, 9.17) is 0 Å². The number of nitrogens with one attached hydrogen (secondary N) is 1. The van der Waals surface area contributed by atoms with E-state index >= 15 is 0 Å². The Hall–Kier alpha value is -1.68. The first-order valence-corrected chi connectivity index (χ1v) is 7.14. The number of hydrogen-bond donors (Lipinski definition) is 1. The normalized spacial score (nSPS) is 17.5. The molecule has 0 spiro atoms. The summed E-state index contributed by atoms with van der Waals surface area (Å²) in [6, 6.07) is 6.65. The molecule has 0 unspecified atom stereocenters. The minimum absolute atomic E-state index is 0.150. The van der Waals surface area contributed by atoms with Crippen LogP contribution in [0.15, 0.2) is 30.3 Å². The van der Waals surface area contributed by atoms with Gasteiger partial charge in [-0.3, -0.25) is 4.79 Å². The van der Waals surface area contributed by atoms with Crippen molar-refractivity contribution in [3.63, 3.8) is 0 Å². The van der Waals surface area contributed by atoms with Gasteiger partial charge in [-0.25, -0.2) is 4.39 Å². The highest BCUT2D eigenvalue weighted by Crippen LogP contribution is 2.10. The molecule has 1 N–H and O–H groups in total. The molecule has 3 nitrogen and oxygen atoms in total. The van der Waals surface area contributed by atoms with Gasteiger partial charge in [0.2, 0.25) is 5.91 Å². The van der Waals surface area contributed by atoms with Crippen LogP contribution >= 0.6 is 0 Å². The van der Waals surface area contributed by atoms with E-state index in [-0.39, 0.29) is 17.8 Å². The summed E-state index contributed by atoms with van der Waals surface area (Å²) >= 11 is 0. The predicted molar refractivity (Wildman–Crippen MR) is 78.7 cm³/mol. The van der Waals surface area contributed by atoms with Crippen LogP contribution < -0.4 is 5.32 Å². The maximum Gasteiger partial charge on any atom is 0.244 e. The predicted octanol–water partition coefficient (Wildman–Crippen LogP) is 2.44. The minimum atomic E-state index is -0.312. The Balaban J connectivity index is 1.83. The molecule has 1 aromatic rings. The molecular weight excluding hydrogens is 255 g/mol. The molecule has 1 saturated heterocycles. The summed E-state index contributed by atoms with van der Waals surface area (Å²) in [5.74, 6) is -0.462. The van der Waals surface area contributed by atoms with Crippen molar-refractivity contribution in [3.8, 4) is 0 Å². The molecule has 0 saturated carbocycles. The van der Waals surface area contributed by atoms with E-state index < -0.39 is 0 Å². The van der Waals surface area contributed by atoms with E-state index in [2.05, 4.69) is 17.1 Å². The summed E-state index contributed by atoms with van der Waals surface area (Å²) in [6.45, 7) is 5.26. The third-order valence-electron chi connectivity index (χ3n) is 3.70. The van der Waals surface area contributed by atoms with E-state index in [1.54, 1.807) is 18.2 Å². The lowest BCUT2D eigenvalue weighted by Crippen LogP contribution is -2.44. The number of carbonyl (C=O) groups excluding carboxylic acids is 1. The smallest absolute Gasteiger partial charge is 0.244 e. The van der Waals surface area contributed by atoms with Crippen LogP contribution in [0.5, 0.6) is 0 Å². The molecule has 0 aromatic heterocycles. The Bertz CT molecular complexity index is 479. The van der Waals surface area contributed by atoms with Crippen LogP contribution in [0.2, 0.25) is 0 Å². The molecule has 20 heavy (non-hydrogen) atoms. The molecule has 1 fully saturated rings. The molecule has 0 radical (unpaired) electrons. The van der Waals surface area contributed by atoms with Crippen LogP contribution in [0.25, 0.3) is 6.08 Å². The van der Waals surface area contributed by atoms with Crippen molar-refractivity contribution in [2.45, 2.75) is 25.8 Å². The number of piperidine rings is 1. The monoisotopic (exact) mass is 276 g/mol. The van der Waals surface area contributed by atoms with Gasteiger partial charge in [0, 0.05) is 30.8 Å². The largest absolute Gasteiger partial charge is 0.350 e. The Morgan fingerprint density at radius 1 is 1.40 bits per heavy atom. The van der Waals surface area contributed by atoms with Gasteiger partial charge in [0.05, 0.1) is 0 Å². The van der Waals surface area contributed by atoms with Crippen LogP contribution in [-0.4, -0.2) is 36.5 Å². The summed E-state index contributed by atoms with van der Waals surface area (Å²) in [4.78, 5) is 14.2. The standard InChI is InChI=1S/C16H21FN2O/c1-2-19-11-9-14(10-12-19)18-16(20)8-7-13-5-3-4-6-15(13)17/h3-8,14H,2,9-12H2,1H3,(H,18,20). The maximum absolute atomic E-state index is 13.4. The van der Waals surface area contributed by atoms with Gasteiger partial charge in [-0.1, -0.05) is 25.1 Å². The van der Waals surface area contributed by atoms with Crippen LogP contribution in [-0.2, 0) is 4.79 Å². The quantitative estimate of drug-likeness (QED) is 0.857. The van der Waals surface area contributed by atoms with Crippen LogP contribution in [0, 0.1) is 5.82 Å². The van der Waals surface area contributed by atoms with Crippen molar-refractivity contribution >= 4 is 12.0 Å². The summed E-state index contributed by atoms with van der Waals surface area (Å²) in [5, 5.41) is 2.98. The molecule has 1 aliphatic heterocycles. The van der Waals surface area contributed by atoms with Crippen molar-refractivity contribution in [2.75, 3.05) is 19.6 Å². The average Bonchev–Trinajstić information content (AvgIpc) is 2.47. The topological polar surface area (TPSA) is 32.3 Å². The van der Waals surface area contributed by atoms with Crippen LogP contribution in [0.4, 0.5) is 4.39 Å². The van der Waals surface area contributed by atoms with Crippen molar-refractivity contribution in [1.82, 2.24) is 10.2 Å². The minimum Gasteiger partial charge on any atom is -0.350 e. The SMILES string of the molecule is CCN1CCC(NC(=O)C=Cc2ccccc2F)CC1. The molecule has 1 aliphatic rings. The zero-order valence-corrected chi connectivity index (χ0v) is 11.8. The Morgan fingerprint density at radius 2 is 2.10 bits per heavy atom. The lowest BCUT2D eigenvalue weighted by atomic mass is 10.1. The Morgan fingerprint density at radius 3 is 2.75 bits per heavy atom. The lowest BCUT2D eigenvalue weighted by Gasteiger charge is -2.31. The second kappa shape index (κ2) is 7.20. The van der Waals surface area contributed by atoms with Crippen molar-refractivity contribution in [2.24, 2.45) is 0 Å². The number of halogens is 1. The Kier molecular flexibility index (Phi) is 5.30. The molecule has 0 aliphatic carbocycles. The first kappa shape index (κ1) is 14.7. The molecule has 1 aromatic carbocycles. The molecule has 2 rings (SSSR count). The highest BCUT2D eigenvalue weighted by Gasteiger charge is 2.18. The second-order valence-corrected chi connectivity index (χ2v) is 5.07. The van der Waals surface area contributed by atoms with Gasteiger partial charge in [-0.2, -0.15) is 0 Å². The van der Waals surface area contributed by atoms with Crippen molar-refractivity contribution in [1.29, 1.82) is 0 Å². The third-order valence-corrected chi connectivity index (χ3v) is 3.70. The molecule has 1 amide bonds. The number of nitrogens with zero attached hydrogens (tertiary/aromatic N) is 1. The van der Waals surface area contributed by atoms with Gasteiger partial charge in [0.1, 0.15) is 5.82 Å². The number of likely N-dealkylation sites (tertiary alicyclic amines) is 1. The molecule has 4 heteroatoms. The second-order valence-electron chi connectivity index (χ2n) is 5.07. The maximum atomic E-state index is 13.4. The average molecular weight is 276 g/mol. The van der Waals surface area contributed by atoms with Crippen LogP contribution in [0.3, 0.4) is 0 Å². The first-order valence-electron chi connectivity index (χ1n) is 7.14. The molecular formula is C16H21FN2O. The van der Waals surface area contributed by atoms with Gasteiger partial charge >= 0.3 is 0 Å². The van der Waals surface area contributed by atoms with E-state index in [0.29, 0.717) is 5.56 Å². The highest BCUT2D eigenvalue weighted by molar-refractivity contribution is 5.91. The summed E-state index contributed by atoms with van der Waals surface area (Å²) in [6.07, 6.45) is 4.89. The number of benzene rings is 1. The third kappa shape index (κ3) is 4.17. The Labute approximate surface area is 119 Å². The molecule has 1 heterocycles. The highest BCUT2D eigenvalue weighted by atomic mass is 19.1. The zero-order chi connectivity index (χ0) is 14.4. The fraction of sp³-hybridized carbons (Fsp3) is 0.438. The van der Waals surface area contributed by atoms with Crippen molar-refractivity contribution < 1.29 is 9.18 Å². The molecule has 108 valence electrons. The summed E-state index contributed by atoms with van der Waals surface area (Å²) in [7, 11) is 0. The number of carbonyl (C=O) groups is 1. The number of amides is 1. The molecule has 0 bridgehead atoms. The van der Waals surface area contributed by atoms with Crippen LogP contribution in [0.1, 0.15) is 25.3 Å². The summed E-state index contributed by atoms with van der Waals surface area (Å²) in [5.41, 5.74) is 0.434. The summed E-state index contributed by atoms with van der Waals surface area (Å²) < 4.78 is 13.4. The zero-order valence-electron chi connectivity index (χ0n) is 11.8. The first-order chi connectivity index (χ1) is 9.69. The van der Waals surface area contributed by atoms with E-state index in [0.717, 1.165) is 32.5 Å². The van der Waals surface area contributed by atoms with Gasteiger partial charge in [-0.05, 0) is 31.5 Å². The van der Waals surface area contributed by atoms with Gasteiger partial charge in [0.25, 0.3) is 0 Å². The van der Waals surface area contributed by atoms with E-state index in [1.807, 2.05) is 0 Å². The van der Waals surface area contributed by atoms with Crippen molar-refractivity contribution in [3.05, 3.63) is 41.7 Å². The lowest BCUT2D eigenvalue weighted by molar-refractivity contribution is -0.117. The fourth-order valence-electron chi connectivity index (χ4n) is 2.42. The van der Waals surface area contributed by atoms with E-state index in [9.17, 15) is 9.18 Å².